The summed E-state index contributed by atoms with van der Waals surface area (Å²) in [4.78, 5) is 4.65. The van der Waals surface area contributed by atoms with Crippen LogP contribution in [-0.4, -0.2) is 20.4 Å². The van der Waals surface area contributed by atoms with E-state index in [1.54, 1.807) is 39.9 Å². The van der Waals surface area contributed by atoms with Gasteiger partial charge in [-0.05, 0) is 12.1 Å². The van der Waals surface area contributed by atoms with Gasteiger partial charge in [-0.25, -0.2) is 4.98 Å². The molecule has 3 rings (SSSR count). The molecular formula is C12H11N3S3. The molecular weight excluding hydrogens is 282 g/mol. The van der Waals surface area contributed by atoms with Gasteiger partial charge >= 0.3 is 0 Å². The summed E-state index contributed by atoms with van der Waals surface area (Å²) in [6.45, 7) is 2.21. The van der Waals surface area contributed by atoms with Crippen molar-refractivity contribution in [3.05, 3.63) is 34.8 Å². The Balaban J connectivity index is 1.71. The van der Waals surface area contributed by atoms with Crippen LogP contribution >= 0.6 is 34.4 Å². The fourth-order valence-corrected chi connectivity index (χ4v) is 4.69. The molecule has 0 saturated heterocycles. The second-order valence-corrected chi connectivity index (χ2v) is 7.55. The van der Waals surface area contributed by atoms with Crippen LogP contribution in [0.4, 0.5) is 0 Å². The Morgan fingerprint density at radius 3 is 3.00 bits per heavy atom. The minimum absolute atomic E-state index is 0.471. The van der Waals surface area contributed by atoms with Gasteiger partial charge in [-0.3, -0.25) is 0 Å². The Kier molecular flexibility index (Phi) is 3.58. The van der Waals surface area contributed by atoms with Crippen LogP contribution in [-0.2, 0) is 6.42 Å². The van der Waals surface area contributed by atoms with Gasteiger partial charge in [-0.15, -0.1) is 21.5 Å². The van der Waals surface area contributed by atoms with E-state index in [0.717, 1.165) is 16.3 Å². The van der Waals surface area contributed by atoms with Crippen LogP contribution in [0.25, 0.3) is 10.2 Å². The van der Waals surface area contributed by atoms with Crippen LogP contribution in [0.3, 0.4) is 0 Å². The van der Waals surface area contributed by atoms with Gasteiger partial charge < -0.3 is 0 Å². The Labute approximate surface area is 117 Å². The third-order valence-corrected chi connectivity index (χ3v) is 5.41. The van der Waals surface area contributed by atoms with Gasteiger partial charge in [-0.2, -0.15) is 0 Å². The third kappa shape index (κ3) is 2.71. The molecule has 0 fully saturated rings. The van der Waals surface area contributed by atoms with E-state index in [1.807, 2.05) is 6.07 Å². The van der Waals surface area contributed by atoms with Crippen molar-refractivity contribution in [1.82, 2.24) is 15.2 Å². The number of thioether (sulfide) groups is 1. The number of nitrogens with zero attached hydrogens (tertiary/aromatic N) is 3. The lowest BCUT2D eigenvalue weighted by Gasteiger charge is -2.05. The highest BCUT2D eigenvalue weighted by molar-refractivity contribution is 8.01. The minimum atomic E-state index is 0.471. The van der Waals surface area contributed by atoms with Crippen molar-refractivity contribution >= 4 is 44.7 Å². The first-order valence-electron chi connectivity index (χ1n) is 5.58. The number of fused-ring (bicyclic) bond motifs is 1. The monoisotopic (exact) mass is 293 g/mol. The zero-order valence-corrected chi connectivity index (χ0v) is 12.2. The summed E-state index contributed by atoms with van der Waals surface area (Å²) in [5.41, 5.74) is 2.87. The molecule has 3 aromatic rings. The van der Waals surface area contributed by atoms with Crippen molar-refractivity contribution in [3.63, 3.8) is 0 Å². The summed E-state index contributed by atoms with van der Waals surface area (Å²) in [5, 5.41) is 9.57. The molecule has 0 N–H and O–H groups in total. The summed E-state index contributed by atoms with van der Waals surface area (Å²) < 4.78 is 2.30. The lowest BCUT2D eigenvalue weighted by molar-refractivity contribution is 0.924. The summed E-state index contributed by atoms with van der Waals surface area (Å²) >= 11 is 5.14. The summed E-state index contributed by atoms with van der Waals surface area (Å²) in [5.74, 6) is 0. The lowest BCUT2D eigenvalue weighted by atomic mass is 10.3. The van der Waals surface area contributed by atoms with Crippen LogP contribution in [0.1, 0.15) is 11.9 Å². The molecule has 0 aliphatic carbocycles. The van der Waals surface area contributed by atoms with Crippen LogP contribution in [0.5, 0.6) is 0 Å². The van der Waals surface area contributed by atoms with E-state index in [2.05, 4.69) is 40.3 Å². The molecule has 0 bridgehead atoms. The zero-order valence-electron chi connectivity index (χ0n) is 9.74. The molecule has 2 aromatic heterocycles. The number of hydrogen-bond donors (Lipinski definition) is 0. The predicted molar refractivity (Wildman–Crippen MR) is 78.6 cm³/mol. The Morgan fingerprint density at radius 2 is 2.22 bits per heavy atom. The number of thiazole rings is 1. The highest BCUT2D eigenvalue weighted by atomic mass is 32.2. The standard InChI is InChI=1S/C12H11N3S3/c1-8(17-12-15-13-7-16-12)6-11-14-9-4-2-3-5-10(9)18-11/h2-5,7-8H,6H2,1H3. The molecule has 0 saturated carbocycles. The van der Waals surface area contributed by atoms with E-state index >= 15 is 0 Å². The number of para-hydroxylation sites is 1. The molecule has 1 aromatic carbocycles. The number of benzene rings is 1. The molecule has 0 radical (unpaired) electrons. The maximum Gasteiger partial charge on any atom is 0.174 e. The molecule has 1 atom stereocenters. The molecule has 3 nitrogen and oxygen atoms in total. The molecule has 0 spiro atoms. The van der Waals surface area contributed by atoms with Crippen LogP contribution in [0.2, 0.25) is 0 Å². The summed E-state index contributed by atoms with van der Waals surface area (Å²) in [7, 11) is 0. The van der Waals surface area contributed by atoms with Gasteiger partial charge in [0.25, 0.3) is 0 Å². The van der Waals surface area contributed by atoms with Gasteiger partial charge in [0.2, 0.25) is 0 Å². The first-order chi connectivity index (χ1) is 8.81. The SMILES string of the molecule is CC(Cc1nc2ccccc2s1)Sc1nncs1. The van der Waals surface area contributed by atoms with Crippen molar-refractivity contribution in [3.8, 4) is 0 Å². The first-order valence-corrected chi connectivity index (χ1v) is 8.16. The van der Waals surface area contributed by atoms with Gasteiger partial charge in [0.05, 0.1) is 15.2 Å². The maximum absolute atomic E-state index is 4.65. The molecule has 1 unspecified atom stereocenters. The van der Waals surface area contributed by atoms with E-state index < -0.39 is 0 Å². The quantitative estimate of drug-likeness (QED) is 0.684. The zero-order chi connectivity index (χ0) is 12.4. The largest absolute Gasteiger partial charge is 0.241 e. The fourth-order valence-electron chi connectivity index (χ4n) is 1.68. The highest BCUT2D eigenvalue weighted by Crippen LogP contribution is 2.29. The molecule has 18 heavy (non-hydrogen) atoms. The first kappa shape index (κ1) is 12.1. The second-order valence-electron chi connectivity index (χ2n) is 3.91. The van der Waals surface area contributed by atoms with Gasteiger partial charge in [0.1, 0.15) is 5.51 Å². The molecule has 92 valence electrons. The maximum atomic E-state index is 4.65. The average Bonchev–Trinajstić information content (AvgIpc) is 2.96. The second kappa shape index (κ2) is 5.34. The lowest BCUT2D eigenvalue weighted by Crippen LogP contribution is -2.00. The Hall–Kier alpha value is -0.980. The molecule has 0 amide bonds. The predicted octanol–water partition coefficient (Wildman–Crippen LogP) is 3.87. The molecule has 0 aliphatic rings. The van der Waals surface area contributed by atoms with Crippen molar-refractivity contribution < 1.29 is 0 Å². The van der Waals surface area contributed by atoms with Gasteiger partial charge in [-0.1, -0.05) is 42.2 Å². The number of aromatic nitrogens is 3. The van der Waals surface area contributed by atoms with Crippen molar-refractivity contribution in [1.29, 1.82) is 0 Å². The van der Waals surface area contributed by atoms with Gasteiger partial charge in [0, 0.05) is 11.7 Å². The van der Waals surface area contributed by atoms with E-state index in [4.69, 9.17) is 0 Å². The fraction of sp³-hybridized carbons (Fsp3) is 0.250. The Bertz CT molecular complexity index is 600. The smallest absolute Gasteiger partial charge is 0.174 e. The van der Waals surface area contributed by atoms with Crippen LogP contribution in [0.15, 0.2) is 34.1 Å². The van der Waals surface area contributed by atoms with Crippen molar-refractivity contribution in [2.24, 2.45) is 0 Å². The average molecular weight is 293 g/mol. The van der Waals surface area contributed by atoms with Crippen LogP contribution in [0, 0.1) is 0 Å². The van der Waals surface area contributed by atoms with Crippen molar-refractivity contribution in [2.75, 3.05) is 0 Å². The Morgan fingerprint density at radius 1 is 1.33 bits per heavy atom. The van der Waals surface area contributed by atoms with Gasteiger partial charge in [0.15, 0.2) is 4.34 Å². The minimum Gasteiger partial charge on any atom is -0.241 e. The topological polar surface area (TPSA) is 38.7 Å². The number of rotatable bonds is 4. The molecule has 2 heterocycles. The highest BCUT2D eigenvalue weighted by Gasteiger charge is 2.11. The van der Waals surface area contributed by atoms with E-state index in [-0.39, 0.29) is 0 Å². The summed E-state index contributed by atoms with van der Waals surface area (Å²) in [6, 6.07) is 8.28. The number of hydrogen-bond acceptors (Lipinski definition) is 6. The van der Waals surface area contributed by atoms with E-state index in [9.17, 15) is 0 Å². The molecule has 6 heteroatoms. The van der Waals surface area contributed by atoms with E-state index in [1.165, 1.54) is 9.71 Å². The van der Waals surface area contributed by atoms with Crippen LogP contribution < -0.4 is 0 Å². The third-order valence-electron chi connectivity index (χ3n) is 2.44. The normalized spacial score (nSPS) is 12.9. The van der Waals surface area contributed by atoms with E-state index in [0.29, 0.717) is 5.25 Å². The van der Waals surface area contributed by atoms with Crippen molar-refractivity contribution in [2.45, 2.75) is 22.9 Å². The summed E-state index contributed by atoms with van der Waals surface area (Å²) in [6.07, 6.45) is 0.976. The molecule has 0 aliphatic heterocycles.